The van der Waals surface area contributed by atoms with E-state index in [-0.39, 0.29) is 0 Å². The Kier molecular flexibility index (Phi) is 4.71. The third-order valence-electron chi connectivity index (χ3n) is 2.85. The van der Waals surface area contributed by atoms with Gasteiger partial charge in [-0.3, -0.25) is 0 Å². The number of hydrogen-bond donors (Lipinski definition) is 0. The Morgan fingerprint density at radius 3 is 2.50 bits per heavy atom. The van der Waals surface area contributed by atoms with E-state index in [9.17, 15) is 0 Å². The lowest BCUT2D eigenvalue weighted by Gasteiger charge is -2.06. The summed E-state index contributed by atoms with van der Waals surface area (Å²) in [6, 6.07) is 0.679. The van der Waals surface area contributed by atoms with Crippen molar-refractivity contribution >= 4 is 0 Å². The third-order valence-corrected chi connectivity index (χ3v) is 2.85. The minimum absolute atomic E-state index is 0.679. The van der Waals surface area contributed by atoms with Gasteiger partial charge in [-0.2, -0.15) is 0 Å². The second-order valence-corrected chi connectivity index (χ2v) is 3.92. The summed E-state index contributed by atoms with van der Waals surface area (Å²) in [5, 5.41) is 0. The van der Waals surface area contributed by atoms with E-state index < -0.39 is 0 Å². The third kappa shape index (κ3) is 2.86. The fourth-order valence-corrected chi connectivity index (χ4v) is 1.81. The highest BCUT2D eigenvalue weighted by molar-refractivity contribution is 4.73. The molecule has 2 heteroatoms. The monoisotopic (exact) mass is 195 g/mol. The first kappa shape index (κ1) is 11.3. The van der Waals surface area contributed by atoms with Crippen molar-refractivity contribution in [2.24, 2.45) is 0 Å². The summed E-state index contributed by atoms with van der Waals surface area (Å²) < 4.78 is 4.64. The molecule has 0 atom stereocenters. The quantitative estimate of drug-likeness (QED) is 0.617. The van der Waals surface area contributed by atoms with Gasteiger partial charge in [0.2, 0.25) is 6.33 Å². The molecular weight excluding hydrogens is 172 g/mol. The zero-order chi connectivity index (χ0) is 10.4. The molecule has 0 aromatic carbocycles. The summed E-state index contributed by atoms with van der Waals surface area (Å²) in [5.41, 5.74) is 0. The molecule has 14 heavy (non-hydrogen) atoms. The molecule has 0 unspecified atom stereocenters. The lowest BCUT2D eigenvalue weighted by Crippen LogP contribution is -2.31. The summed E-state index contributed by atoms with van der Waals surface area (Å²) in [6.45, 7) is 7.90. The molecule has 0 spiro atoms. The molecule has 0 fully saturated rings. The van der Waals surface area contributed by atoms with Gasteiger partial charge in [0.25, 0.3) is 0 Å². The molecule has 0 saturated carbocycles. The van der Waals surface area contributed by atoms with Crippen molar-refractivity contribution in [3.05, 3.63) is 18.7 Å². The molecule has 0 amide bonds. The van der Waals surface area contributed by atoms with Crippen LogP contribution in [0.25, 0.3) is 0 Å². The highest BCUT2D eigenvalue weighted by Gasteiger charge is 2.11. The van der Waals surface area contributed by atoms with Crippen LogP contribution in [-0.2, 0) is 6.54 Å². The number of nitrogens with zero attached hydrogens (tertiary/aromatic N) is 2. The maximum atomic E-state index is 2.34. The van der Waals surface area contributed by atoms with Crippen LogP contribution < -0.4 is 4.57 Å². The van der Waals surface area contributed by atoms with Gasteiger partial charge in [0.15, 0.2) is 0 Å². The van der Waals surface area contributed by atoms with Crippen molar-refractivity contribution in [2.75, 3.05) is 0 Å². The van der Waals surface area contributed by atoms with Crippen LogP contribution in [0.5, 0.6) is 0 Å². The fourth-order valence-electron chi connectivity index (χ4n) is 1.81. The molecular formula is C12H23N2+. The number of aryl methyl sites for hydroxylation is 1. The van der Waals surface area contributed by atoms with Crippen LogP contribution in [0.2, 0.25) is 0 Å². The first-order valence-corrected chi connectivity index (χ1v) is 5.88. The highest BCUT2D eigenvalue weighted by atomic mass is 15.1. The number of imidazole rings is 1. The average molecular weight is 195 g/mol. The Bertz CT molecular complexity index is 249. The van der Waals surface area contributed by atoms with Gasteiger partial charge in [-0.15, -0.1) is 0 Å². The Balaban J connectivity index is 2.57. The predicted octanol–water partition coefficient (Wildman–Crippen LogP) is 2.94. The van der Waals surface area contributed by atoms with Crippen LogP contribution in [0.1, 0.15) is 52.5 Å². The molecule has 1 aromatic heterocycles. The second-order valence-electron chi connectivity index (χ2n) is 3.92. The SMILES string of the molecule is CCCC[n+]1ccn(C(CC)CC)c1. The highest BCUT2D eigenvalue weighted by Crippen LogP contribution is 2.13. The van der Waals surface area contributed by atoms with E-state index in [0.29, 0.717) is 6.04 Å². The first-order chi connectivity index (χ1) is 6.81. The number of unbranched alkanes of at least 4 members (excludes halogenated alkanes) is 1. The lowest BCUT2D eigenvalue weighted by molar-refractivity contribution is -0.697. The molecule has 1 rings (SSSR count). The first-order valence-electron chi connectivity index (χ1n) is 5.88. The Morgan fingerprint density at radius 2 is 1.93 bits per heavy atom. The van der Waals surface area contributed by atoms with Crippen LogP contribution in [-0.4, -0.2) is 4.57 Å². The maximum Gasteiger partial charge on any atom is 0.243 e. The molecule has 0 aliphatic carbocycles. The predicted molar refractivity (Wildman–Crippen MR) is 59.2 cm³/mol. The molecule has 0 aliphatic rings. The zero-order valence-corrected chi connectivity index (χ0v) is 9.74. The van der Waals surface area contributed by atoms with E-state index in [1.165, 1.54) is 25.7 Å². The standard InChI is InChI=1S/C12H23N2/c1-4-7-8-13-9-10-14(11-13)12(5-2)6-3/h9-12H,4-8H2,1-3H3/q+1. The van der Waals surface area contributed by atoms with Crippen LogP contribution in [0.15, 0.2) is 18.7 Å². The van der Waals surface area contributed by atoms with E-state index in [4.69, 9.17) is 0 Å². The minimum atomic E-state index is 0.679. The van der Waals surface area contributed by atoms with Crippen molar-refractivity contribution < 1.29 is 4.57 Å². The van der Waals surface area contributed by atoms with Crippen molar-refractivity contribution in [2.45, 2.75) is 59.0 Å². The van der Waals surface area contributed by atoms with Crippen molar-refractivity contribution in [1.82, 2.24) is 4.57 Å². The average Bonchev–Trinajstić information content (AvgIpc) is 2.65. The smallest absolute Gasteiger partial charge is 0.237 e. The molecule has 0 saturated heterocycles. The Morgan fingerprint density at radius 1 is 1.21 bits per heavy atom. The second kappa shape index (κ2) is 5.84. The lowest BCUT2D eigenvalue weighted by atomic mass is 10.2. The number of hydrogen-bond acceptors (Lipinski definition) is 0. The largest absolute Gasteiger partial charge is 0.243 e. The van der Waals surface area contributed by atoms with Gasteiger partial charge in [-0.1, -0.05) is 27.2 Å². The van der Waals surface area contributed by atoms with Crippen molar-refractivity contribution in [3.63, 3.8) is 0 Å². The van der Waals surface area contributed by atoms with Crippen molar-refractivity contribution in [3.8, 4) is 0 Å². The van der Waals surface area contributed by atoms with Gasteiger partial charge in [-0.05, 0) is 19.3 Å². The molecule has 80 valence electrons. The van der Waals surface area contributed by atoms with E-state index in [1.807, 2.05) is 0 Å². The van der Waals surface area contributed by atoms with Gasteiger partial charge in [0.05, 0.1) is 12.6 Å². The molecule has 0 radical (unpaired) electrons. The van der Waals surface area contributed by atoms with Crippen molar-refractivity contribution in [1.29, 1.82) is 0 Å². The molecule has 1 aromatic rings. The molecule has 1 heterocycles. The fraction of sp³-hybridized carbons (Fsp3) is 0.750. The summed E-state index contributed by atoms with van der Waals surface area (Å²) in [5.74, 6) is 0. The Labute approximate surface area is 87.6 Å². The van der Waals surface area contributed by atoms with Crippen LogP contribution in [0.4, 0.5) is 0 Å². The summed E-state index contributed by atoms with van der Waals surface area (Å²) in [4.78, 5) is 0. The van der Waals surface area contributed by atoms with E-state index in [0.717, 1.165) is 6.54 Å². The van der Waals surface area contributed by atoms with Gasteiger partial charge < -0.3 is 0 Å². The molecule has 0 aliphatic heterocycles. The topological polar surface area (TPSA) is 8.81 Å². The van der Waals surface area contributed by atoms with Gasteiger partial charge in [-0.25, -0.2) is 9.13 Å². The normalized spacial score (nSPS) is 11.1. The summed E-state index contributed by atoms with van der Waals surface area (Å²) in [7, 11) is 0. The number of rotatable bonds is 6. The van der Waals surface area contributed by atoms with Crippen LogP contribution in [0, 0.1) is 0 Å². The molecule has 0 N–H and O–H groups in total. The van der Waals surface area contributed by atoms with Crippen LogP contribution >= 0.6 is 0 Å². The molecule has 0 bridgehead atoms. The van der Waals surface area contributed by atoms with Gasteiger partial charge in [0.1, 0.15) is 12.4 Å². The zero-order valence-electron chi connectivity index (χ0n) is 9.74. The van der Waals surface area contributed by atoms with E-state index in [1.54, 1.807) is 0 Å². The van der Waals surface area contributed by atoms with Gasteiger partial charge in [0, 0.05) is 0 Å². The van der Waals surface area contributed by atoms with Crippen LogP contribution in [0.3, 0.4) is 0 Å². The Hall–Kier alpha value is -0.790. The summed E-state index contributed by atoms with van der Waals surface area (Å²) in [6.07, 6.45) is 11.6. The van der Waals surface area contributed by atoms with E-state index in [2.05, 4.69) is 48.6 Å². The maximum absolute atomic E-state index is 2.34. The van der Waals surface area contributed by atoms with Gasteiger partial charge >= 0.3 is 0 Å². The number of aromatic nitrogens is 2. The molecule has 2 nitrogen and oxygen atoms in total. The summed E-state index contributed by atoms with van der Waals surface area (Å²) >= 11 is 0. The minimum Gasteiger partial charge on any atom is -0.237 e. The van der Waals surface area contributed by atoms with E-state index >= 15 is 0 Å².